The Morgan fingerprint density at radius 2 is 2.07 bits per heavy atom. The average molecular weight is 224 g/mol. The predicted octanol–water partition coefficient (Wildman–Crippen LogP) is 1.18. The van der Waals surface area contributed by atoms with Crippen LogP contribution >= 0.6 is 0 Å². The van der Waals surface area contributed by atoms with Crippen LogP contribution in [0.5, 0.6) is 0 Å². The third kappa shape index (κ3) is 4.51. The molecule has 1 saturated carbocycles. The molecule has 0 spiro atoms. The first-order valence-corrected chi connectivity index (χ1v) is 4.97. The second-order valence-corrected chi connectivity index (χ2v) is 3.95. The van der Waals surface area contributed by atoms with Crippen molar-refractivity contribution in [2.45, 2.75) is 37.9 Å². The van der Waals surface area contributed by atoms with Gasteiger partial charge in [0.05, 0.1) is 0 Å². The monoisotopic (exact) mass is 224 g/mol. The van der Waals surface area contributed by atoms with Crippen LogP contribution in [-0.4, -0.2) is 24.7 Å². The van der Waals surface area contributed by atoms with Crippen molar-refractivity contribution < 1.29 is 18.0 Å². The minimum absolute atomic E-state index is 0.0104. The maximum atomic E-state index is 11.8. The van der Waals surface area contributed by atoms with Gasteiger partial charge >= 0.3 is 6.18 Å². The van der Waals surface area contributed by atoms with E-state index in [1.807, 2.05) is 0 Å². The number of alkyl halides is 3. The maximum absolute atomic E-state index is 11.8. The molecule has 2 atom stereocenters. The number of hydrogen-bond donors (Lipinski definition) is 2. The van der Waals surface area contributed by atoms with E-state index in [1.165, 1.54) is 0 Å². The molecule has 1 aliphatic rings. The number of rotatable bonds is 3. The van der Waals surface area contributed by atoms with Crippen LogP contribution in [0, 0.1) is 5.92 Å². The lowest BCUT2D eigenvalue weighted by atomic mass is 10.0. The minimum Gasteiger partial charge on any atom is -0.355 e. The third-order valence-electron chi connectivity index (χ3n) is 2.64. The van der Waals surface area contributed by atoms with Crippen LogP contribution in [0.15, 0.2) is 0 Å². The second kappa shape index (κ2) is 4.83. The highest BCUT2D eigenvalue weighted by molar-refractivity contribution is 5.76. The fourth-order valence-corrected chi connectivity index (χ4v) is 1.81. The van der Waals surface area contributed by atoms with Gasteiger partial charge < -0.3 is 11.1 Å². The summed E-state index contributed by atoms with van der Waals surface area (Å²) in [6.45, 7) is 0.260. The van der Waals surface area contributed by atoms with Crippen molar-refractivity contribution in [3.05, 3.63) is 0 Å². The fraction of sp³-hybridized carbons (Fsp3) is 0.889. The van der Waals surface area contributed by atoms with Gasteiger partial charge in [0, 0.05) is 12.6 Å². The first kappa shape index (κ1) is 12.3. The quantitative estimate of drug-likeness (QED) is 0.756. The van der Waals surface area contributed by atoms with Crippen LogP contribution in [0.3, 0.4) is 0 Å². The predicted molar refractivity (Wildman–Crippen MR) is 49.0 cm³/mol. The Morgan fingerprint density at radius 3 is 2.53 bits per heavy atom. The van der Waals surface area contributed by atoms with E-state index in [0.717, 1.165) is 19.3 Å². The Morgan fingerprint density at radius 1 is 1.40 bits per heavy atom. The van der Waals surface area contributed by atoms with Crippen molar-refractivity contribution >= 4 is 5.91 Å². The molecule has 0 heterocycles. The first-order valence-electron chi connectivity index (χ1n) is 4.97. The standard InChI is InChI=1S/C9H15F3N2O/c10-9(11,12)4-8(15)14-5-6-2-1-3-7(6)13/h6-7H,1-5,13H2,(H,14,15). The van der Waals surface area contributed by atoms with Gasteiger partial charge in [-0.2, -0.15) is 13.2 Å². The smallest absolute Gasteiger partial charge is 0.355 e. The highest BCUT2D eigenvalue weighted by atomic mass is 19.4. The molecule has 1 aliphatic carbocycles. The first-order chi connectivity index (χ1) is 6.88. The van der Waals surface area contributed by atoms with Crippen molar-refractivity contribution in [3.63, 3.8) is 0 Å². The number of nitrogens with one attached hydrogen (secondary N) is 1. The van der Waals surface area contributed by atoms with Gasteiger partial charge in [0.25, 0.3) is 0 Å². The van der Waals surface area contributed by atoms with Crippen LogP contribution in [0.2, 0.25) is 0 Å². The lowest BCUT2D eigenvalue weighted by Gasteiger charge is -2.16. The molecular formula is C9H15F3N2O. The number of hydrogen-bond acceptors (Lipinski definition) is 2. The Kier molecular flexibility index (Phi) is 3.96. The highest BCUT2D eigenvalue weighted by Gasteiger charge is 2.32. The molecule has 1 rings (SSSR count). The molecule has 3 N–H and O–H groups in total. The van der Waals surface area contributed by atoms with Crippen LogP contribution in [0.4, 0.5) is 13.2 Å². The molecule has 0 aromatic rings. The topological polar surface area (TPSA) is 55.1 Å². The molecule has 6 heteroatoms. The molecule has 0 aromatic heterocycles. The molecule has 0 saturated heterocycles. The summed E-state index contributed by atoms with van der Waals surface area (Å²) in [5.41, 5.74) is 5.72. The van der Waals surface area contributed by atoms with Crippen LogP contribution in [-0.2, 0) is 4.79 Å². The zero-order chi connectivity index (χ0) is 11.5. The van der Waals surface area contributed by atoms with Gasteiger partial charge in [0.1, 0.15) is 6.42 Å². The summed E-state index contributed by atoms with van der Waals surface area (Å²) in [6, 6.07) is 0.0104. The second-order valence-electron chi connectivity index (χ2n) is 3.95. The molecule has 0 bridgehead atoms. The molecule has 1 fully saturated rings. The summed E-state index contributed by atoms with van der Waals surface area (Å²) >= 11 is 0. The van der Waals surface area contributed by atoms with Gasteiger partial charge in [-0.05, 0) is 18.8 Å². The third-order valence-corrected chi connectivity index (χ3v) is 2.64. The zero-order valence-electron chi connectivity index (χ0n) is 8.31. The van der Waals surface area contributed by atoms with E-state index in [-0.39, 0.29) is 18.5 Å². The lowest BCUT2D eigenvalue weighted by molar-refractivity contribution is -0.153. The summed E-state index contributed by atoms with van der Waals surface area (Å²) in [4.78, 5) is 10.9. The molecule has 3 nitrogen and oxygen atoms in total. The van der Waals surface area contributed by atoms with E-state index >= 15 is 0 Å². The molecule has 88 valence electrons. The number of nitrogens with two attached hydrogens (primary N) is 1. The zero-order valence-corrected chi connectivity index (χ0v) is 8.31. The van der Waals surface area contributed by atoms with Crippen LogP contribution < -0.4 is 11.1 Å². The Balaban J connectivity index is 2.22. The van der Waals surface area contributed by atoms with E-state index in [9.17, 15) is 18.0 Å². The Labute approximate surface area is 86.2 Å². The summed E-state index contributed by atoms with van der Waals surface area (Å²) in [7, 11) is 0. The number of carbonyl (C=O) groups is 1. The van der Waals surface area contributed by atoms with Crippen LogP contribution in [0.1, 0.15) is 25.7 Å². The van der Waals surface area contributed by atoms with Gasteiger partial charge in [-0.25, -0.2) is 0 Å². The summed E-state index contributed by atoms with van der Waals surface area (Å²) < 4.78 is 35.4. The fourth-order valence-electron chi connectivity index (χ4n) is 1.81. The molecule has 2 unspecified atom stereocenters. The summed E-state index contributed by atoms with van der Waals surface area (Å²) in [6.07, 6.45) is -3.08. The van der Waals surface area contributed by atoms with Crippen LogP contribution in [0.25, 0.3) is 0 Å². The SMILES string of the molecule is NC1CCCC1CNC(=O)CC(F)(F)F. The van der Waals surface area contributed by atoms with E-state index in [0.29, 0.717) is 0 Å². The van der Waals surface area contributed by atoms with Crippen molar-refractivity contribution in [1.29, 1.82) is 0 Å². The van der Waals surface area contributed by atoms with Crippen molar-refractivity contribution in [3.8, 4) is 0 Å². The van der Waals surface area contributed by atoms with Gasteiger partial charge in [-0.15, -0.1) is 0 Å². The largest absolute Gasteiger partial charge is 0.397 e. The molecular weight excluding hydrogens is 209 g/mol. The summed E-state index contributed by atoms with van der Waals surface area (Å²) in [5.74, 6) is -0.844. The van der Waals surface area contributed by atoms with Gasteiger partial charge in [-0.1, -0.05) is 6.42 Å². The summed E-state index contributed by atoms with van der Waals surface area (Å²) in [5, 5.41) is 2.27. The van der Waals surface area contributed by atoms with Crippen molar-refractivity contribution in [2.75, 3.05) is 6.54 Å². The lowest BCUT2D eigenvalue weighted by Crippen LogP contribution is -2.37. The molecule has 0 radical (unpaired) electrons. The van der Waals surface area contributed by atoms with Gasteiger partial charge in [0.15, 0.2) is 0 Å². The van der Waals surface area contributed by atoms with E-state index in [2.05, 4.69) is 5.32 Å². The Hall–Kier alpha value is -0.780. The molecule has 0 aliphatic heterocycles. The number of amides is 1. The average Bonchev–Trinajstić information content (AvgIpc) is 2.44. The highest BCUT2D eigenvalue weighted by Crippen LogP contribution is 2.23. The number of halogens is 3. The van der Waals surface area contributed by atoms with Crippen molar-refractivity contribution in [1.82, 2.24) is 5.32 Å². The molecule has 1 amide bonds. The maximum Gasteiger partial charge on any atom is 0.397 e. The van der Waals surface area contributed by atoms with E-state index < -0.39 is 18.5 Å². The van der Waals surface area contributed by atoms with Gasteiger partial charge in [0.2, 0.25) is 5.91 Å². The number of carbonyl (C=O) groups excluding carboxylic acids is 1. The van der Waals surface area contributed by atoms with Crippen molar-refractivity contribution in [2.24, 2.45) is 11.7 Å². The van der Waals surface area contributed by atoms with E-state index in [1.54, 1.807) is 0 Å². The minimum atomic E-state index is -4.43. The van der Waals surface area contributed by atoms with E-state index in [4.69, 9.17) is 5.73 Å². The molecule has 15 heavy (non-hydrogen) atoms. The normalized spacial score (nSPS) is 26.7. The molecule has 0 aromatic carbocycles. The Bertz CT molecular complexity index is 230. The van der Waals surface area contributed by atoms with Gasteiger partial charge in [-0.3, -0.25) is 4.79 Å².